The van der Waals surface area contributed by atoms with E-state index >= 15 is 0 Å². The number of nitrogens with zero attached hydrogens (tertiary/aromatic N) is 1. The molecule has 108 valence electrons. The molecule has 1 aromatic heterocycles. The van der Waals surface area contributed by atoms with E-state index in [0.29, 0.717) is 0 Å². The molecule has 0 aliphatic heterocycles. The molecule has 0 saturated heterocycles. The van der Waals surface area contributed by atoms with Crippen molar-refractivity contribution in [3.63, 3.8) is 0 Å². The van der Waals surface area contributed by atoms with Gasteiger partial charge in [-0.3, -0.25) is 0 Å². The van der Waals surface area contributed by atoms with Crippen LogP contribution in [0.25, 0.3) is 10.6 Å². The lowest BCUT2D eigenvalue weighted by atomic mass is 9.91. The van der Waals surface area contributed by atoms with Crippen LogP contribution in [0.4, 0.5) is 0 Å². The van der Waals surface area contributed by atoms with Gasteiger partial charge in [0.15, 0.2) is 0 Å². The van der Waals surface area contributed by atoms with E-state index in [2.05, 4.69) is 64.2 Å². The molecule has 0 saturated carbocycles. The number of rotatable bonds is 4. The van der Waals surface area contributed by atoms with Gasteiger partial charge in [-0.1, -0.05) is 57.5 Å². The molecule has 20 heavy (non-hydrogen) atoms. The van der Waals surface area contributed by atoms with Crippen molar-refractivity contribution in [1.29, 1.82) is 0 Å². The molecule has 2 nitrogen and oxygen atoms in total. The number of aryl methyl sites for hydroxylation is 1. The maximum Gasteiger partial charge on any atom is 0.123 e. The van der Waals surface area contributed by atoms with Crippen LogP contribution >= 0.6 is 11.3 Å². The van der Waals surface area contributed by atoms with E-state index in [-0.39, 0.29) is 5.41 Å². The predicted molar refractivity (Wildman–Crippen MR) is 88.4 cm³/mol. The standard InChI is InChI=1S/C17H24N2S/c1-6-18-11-14-15(17(3,4)5)19-16(20-14)13-9-7-12(2)8-10-13/h7-10,18H,6,11H2,1-5H3. The van der Waals surface area contributed by atoms with Gasteiger partial charge in [-0.05, 0) is 13.5 Å². The molecule has 0 fully saturated rings. The Morgan fingerprint density at radius 3 is 2.35 bits per heavy atom. The molecule has 1 aromatic carbocycles. The van der Waals surface area contributed by atoms with Gasteiger partial charge in [-0.2, -0.15) is 0 Å². The number of hydrogen-bond donors (Lipinski definition) is 1. The number of thiazole rings is 1. The van der Waals surface area contributed by atoms with Crippen LogP contribution in [0.3, 0.4) is 0 Å². The molecule has 0 radical (unpaired) electrons. The lowest BCUT2D eigenvalue weighted by molar-refractivity contribution is 0.561. The topological polar surface area (TPSA) is 24.9 Å². The van der Waals surface area contributed by atoms with Crippen LogP contribution in [0, 0.1) is 6.92 Å². The van der Waals surface area contributed by atoms with E-state index in [1.54, 1.807) is 0 Å². The Balaban J connectivity index is 2.40. The van der Waals surface area contributed by atoms with Crippen LogP contribution in [-0.2, 0) is 12.0 Å². The summed E-state index contributed by atoms with van der Waals surface area (Å²) < 4.78 is 0. The second-order valence-electron chi connectivity index (χ2n) is 6.19. The van der Waals surface area contributed by atoms with E-state index in [4.69, 9.17) is 4.98 Å². The van der Waals surface area contributed by atoms with E-state index in [1.165, 1.54) is 21.7 Å². The van der Waals surface area contributed by atoms with E-state index in [0.717, 1.165) is 18.1 Å². The maximum absolute atomic E-state index is 4.91. The number of nitrogens with one attached hydrogen (secondary N) is 1. The second kappa shape index (κ2) is 6.06. The Labute approximate surface area is 126 Å². The first kappa shape index (κ1) is 15.2. The number of aromatic nitrogens is 1. The SMILES string of the molecule is CCNCc1sc(-c2ccc(C)cc2)nc1C(C)(C)C. The zero-order valence-electron chi connectivity index (χ0n) is 13.1. The van der Waals surface area contributed by atoms with Gasteiger partial charge < -0.3 is 5.32 Å². The van der Waals surface area contributed by atoms with E-state index in [9.17, 15) is 0 Å². The first-order chi connectivity index (χ1) is 9.41. The fraction of sp³-hybridized carbons (Fsp3) is 0.471. The molecule has 0 amide bonds. The summed E-state index contributed by atoms with van der Waals surface area (Å²) in [5, 5.41) is 4.55. The molecular weight excluding hydrogens is 264 g/mol. The van der Waals surface area contributed by atoms with Gasteiger partial charge in [0.1, 0.15) is 5.01 Å². The predicted octanol–water partition coefficient (Wildman–Crippen LogP) is 4.53. The van der Waals surface area contributed by atoms with Crippen molar-refractivity contribution in [3.8, 4) is 10.6 Å². The summed E-state index contributed by atoms with van der Waals surface area (Å²) in [5.41, 5.74) is 3.81. The van der Waals surface area contributed by atoms with Crippen LogP contribution in [0.15, 0.2) is 24.3 Å². The second-order valence-corrected chi connectivity index (χ2v) is 7.27. The fourth-order valence-electron chi connectivity index (χ4n) is 2.12. The first-order valence-electron chi connectivity index (χ1n) is 7.19. The smallest absolute Gasteiger partial charge is 0.123 e. The Morgan fingerprint density at radius 2 is 1.80 bits per heavy atom. The summed E-state index contributed by atoms with van der Waals surface area (Å²) >= 11 is 1.81. The van der Waals surface area contributed by atoms with E-state index < -0.39 is 0 Å². The van der Waals surface area contributed by atoms with Crippen molar-refractivity contribution in [2.24, 2.45) is 0 Å². The van der Waals surface area contributed by atoms with Gasteiger partial charge in [0.05, 0.1) is 5.69 Å². The quantitative estimate of drug-likeness (QED) is 0.894. The summed E-state index contributed by atoms with van der Waals surface area (Å²) in [6.07, 6.45) is 0. The third kappa shape index (κ3) is 3.47. The molecule has 0 bridgehead atoms. The number of benzene rings is 1. The molecule has 2 aromatic rings. The van der Waals surface area contributed by atoms with E-state index in [1.807, 2.05) is 11.3 Å². The molecule has 2 rings (SSSR count). The monoisotopic (exact) mass is 288 g/mol. The third-order valence-corrected chi connectivity index (χ3v) is 4.35. The fourth-order valence-corrected chi connectivity index (χ4v) is 3.36. The Bertz CT molecular complexity index is 562. The average Bonchev–Trinajstić information content (AvgIpc) is 2.81. The third-order valence-electron chi connectivity index (χ3n) is 3.24. The maximum atomic E-state index is 4.91. The molecule has 0 aliphatic rings. The highest BCUT2D eigenvalue weighted by molar-refractivity contribution is 7.15. The number of hydrogen-bond acceptors (Lipinski definition) is 3. The summed E-state index contributed by atoms with van der Waals surface area (Å²) in [6, 6.07) is 8.63. The summed E-state index contributed by atoms with van der Waals surface area (Å²) in [7, 11) is 0. The van der Waals surface area contributed by atoms with Gasteiger partial charge in [-0.25, -0.2) is 4.98 Å². The van der Waals surface area contributed by atoms with Crippen molar-refractivity contribution in [2.75, 3.05) is 6.54 Å². The Morgan fingerprint density at radius 1 is 1.15 bits per heavy atom. The highest BCUT2D eigenvalue weighted by Crippen LogP contribution is 2.34. The normalized spacial score (nSPS) is 11.8. The Kier molecular flexibility index (Phi) is 4.61. The molecule has 0 spiro atoms. The van der Waals surface area contributed by atoms with Crippen LogP contribution in [0.5, 0.6) is 0 Å². The largest absolute Gasteiger partial charge is 0.312 e. The molecule has 1 heterocycles. The molecule has 3 heteroatoms. The molecule has 0 atom stereocenters. The zero-order chi connectivity index (χ0) is 14.8. The lowest BCUT2D eigenvalue weighted by Gasteiger charge is -2.17. The zero-order valence-corrected chi connectivity index (χ0v) is 13.9. The summed E-state index contributed by atoms with van der Waals surface area (Å²) in [6.45, 7) is 12.8. The van der Waals surface area contributed by atoms with Crippen molar-refractivity contribution < 1.29 is 0 Å². The van der Waals surface area contributed by atoms with Gasteiger partial charge in [-0.15, -0.1) is 11.3 Å². The van der Waals surface area contributed by atoms with Gasteiger partial charge in [0, 0.05) is 22.4 Å². The highest BCUT2D eigenvalue weighted by atomic mass is 32.1. The molecular formula is C17H24N2S. The van der Waals surface area contributed by atoms with Crippen LogP contribution in [0.2, 0.25) is 0 Å². The lowest BCUT2D eigenvalue weighted by Crippen LogP contribution is -2.18. The van der Waals surface area contributed by atoms with Crippen LogP contribution < -0.4 is 5.32 Å². The molecule has 1 N–H and O–H groups in total. The first-order valence-corrected chi connectivity index (χ1v) is 8.01. The summed E-state index contributed by atoms with van der Waals surface area (Å²) in [4.78, 5) is 6.27. The highest BCUT2D eigenvalue weighted by Gasteiger charge is 2.23. The minimum Gasteiger partial charge on any atom is -0.312 e. The van der Waals surface area contributed by atoms with Crippen molar-refractivity contribution in [1.82, 2.24) is 10.3 Å². The summed E-state index contributed by atoms with van der Waals surface area (Å²) in [5.74, 6) is 0. The van der Waals surface area contributed by atoms with Crippen molar-refractivity contribution >= 4 is 11.3 Å². The van der Waals surface area contributed by atoms with Gasteiger partial charge in [0.25, 0.3) is 0 Å². The minimum absolute atomic E-state index is 0.0875. The van der Waals surface area contributed by atoms with Crippen LogP contribution in [-0.4, -0.2) is 11.5 Å². The van der Waals surface area contributed by atoms with Gasteiger partial charge >= 0.3 is 0 Å². The Hall–Kier alpha value is -1.19. The van der Waals surface area contributed by atoms with Crippen LogP contribution in [0.1, 0.15) is 43.8 Å². The minimum atomic E-state index is 0.0875. The van der Waals surface area contributed by atoms with Gasteiger partial charge in [0.2, 0.25) is 0 Å². The van der Waals surface area contributed by atoms with Crippen molar-refractivity contribution in [3.05, 3.63) is 40.4 Å². The average molecular weight is 288 g/mol. The van der Waals surface area contributed by atoms with Crippen molar-refractivity contribution in [2.45, 2.75) is 46.6 Å². The molecule has 0 aliphatic carbocycles. The molecule has 0 unspecified atom stereocenters.